The molecule has 1 aliphatic carbocycles. The average molecular weight is 313 g/mol. The average Bonchev–Trinajstić information content (AvgIpc) is 3.16. The van der Waals surface area contributed by atoms with Crippen LogP contribution in [-0.2, 0) is 4.79 Å². The molecular weight excluding hydrogens is 296 g/mol. The lowest BCUT2D eigenvalue weighted by Gasteiger charge is -2.20. The molecule has 0 atom stereocenters. The highest BCUT2D eigenvalue weighted by atomic mass is 79.9. The number of aliphatic hydroxyl groups is 1. The zero-order valence-corrected chi connectivity index (χ0v) is 11.7. The minimum absolute atomic E-state index is 0.0299. The van der Waals surface area contributed by atoms with Gasteiger partial charge in [-0.3, -0.25) is 9.69 Å². The standard InChI is InChI=1S/C13H17BrN2O2/c14-10-1-3-11(4-2-10)15-13(18)9-16(7-8-17)12-5-6-12/h1-4,12,17H,5-9H2,(H,15,18). The highest BCUT2D eigenvalue weighted by Crippen LogP contribution is 2.26. The molecule has 1 amide bonds. The van der Waals surface area contributed by atoms with Crippen LogP contribution < -0.4 is 5.32 Å². The highest BCUT2D eigenvalue weighted by Gasteiger charge is 2.29. The maximum atomic E-state index is 11.9. The Balaban J connectivity index is 1.85. The molecule has 98 valence electrons. The van der Waals surface area contributed by atoms with Gasteiger partial charge < -0.3 is 10.4 Å². The number of rotatable bonds is 6. The molecule has 5 heteroatoms. The number of hydrogen-bond donors (Lipinski definition) is 2. The van der Waals surface area contributed by atoms with Crippen LogP contribution in [0, 0.1) is 0 Å². The molecule has 2 rings (SSSR count). The first-order valence-electron chi connectivity index (χ1n) is 6.09. The quantitative estimate of drug-likeness (QED) is 0.843. The summed E-state index contributed by atoms with van der Waals surface area (Å²) in [5.74, 6) is -0.0299. The molecule has 0 radical (unpaired) electrons. The van der Waals surface area contributed by atoms with Gasteiger partial charge in [-0.2, -0.15) is 0 Å². The van der Waals surface area contributed by atoms with Crippen LogP contribution in [0.1, 0.15) is 12.8 Å². The van der Waals surface area contributed by atoms with Gasteiger partial charge >= 0.3 is 0 Å². The highest BCUT2D eigenvalue weighted by molar-refractivity contribution is 9.10. The minimum Gasteiger partial charge on any atom is -0.395 e. The Hall–Kier alpha value is -0.910. The predicted molar refractivity (Wildman–Crippen MR) is 74.5 cm³/mol. The van der Waals surface area contributed by atoms with Crippen molar-refractivity contribution in [1.29, 1.82) is 0 Å². The zero-order chi connectivity index (χ0) is 13.0. The van der Waals surface area contributed by atoms with Gasteiger partial charge in [-0.15, -0.1) is 0 Å². The molecule has 0 aliphatic heterocycles. The second-order valence-corrected chi connectivity index (χ2v) is 5.40. The Morgan fingerprint density at radius 1 is 1.39 bits per heavy atom. The first-order valence-corrected chi connectivity index (χ1v) is 6.88. The molecule has 0 saturated heterocycles. The van der Waals surface area contributed by atoms with Gasteiger partial charge in [0, 0.05) is 22.7 Å². The number of carbonyl (C=O) groups is 1. The summed E-state index contributed by atoms with van der Waals surface area (Å²) in [6.45, 7) is 1.02. The second kappa shape index (κ2) is 6.31. The number of amides is 1. The van der Waals surface area contributed by atoms with E-state index in [1.54, 1.807) is 0 Å². The van der Waals surface area contributed by atoms with Crippen LogP contribution in [0.2, 0.25) is 0 Å². The van der Waals surface area contributed by atoms with E-state index < -0.39 is 0 Å². The van der Waals surface area contributed by atoms with E-state index in [2.05, 4.69) is 21.2 Å². The van der Waals surface area contributed by atoms with Crippen molar-refractivity contribution < 1.29 is 9.90 Å². The number of carbonyl (C=O) groups excluding carboxylic acids is 1. The molecule has 4 nitrogen and oxygen atoms in total. The van der Waals surface area contributed by atoms with E-state index in [1.807, 2.05) is 29.2 Å². The van der Waals surface area contributed by atoms with Gasteiger partial charge in [-0.25, -0.2) is 0 Å². The molecule has 1 aromatic carbocycles. The SMILES string of the molecule is O=C(CN(CCO)C1CC1)Nc1ccc(Br)cc1. The molecular formula is C13H17BrN2O2. The summed E-state index contributed by atoms with van der Waals surface area (Å²) in [6, 6.07) is 7.97. The first kappa shape index (κ1) is 13.5. The lowest BCUT2D eigenvalue weighted by atomic mass is 10.3. The van der Waals surface area contributed by atoms with Crippen LogP contribution in [0.4, 0.5) is 5.69 Å². The monoisotopic (exact) mass is 312 g/mol. The number of aliphatic hydroxyl groups excluding tert-OH is 1. The van der Waals surface area contributed by atoms with Crippen LogP contribution in [-0.4, -0.2) is 41.7 Å². The number of halogens is 1. The topological polar surface area (TPSA) is 52.6 Å². The van der Waals surface area contributed by atoms with E-state index in [4.69, 9.17) is 5.11 Å². The summed E-state index contributed by atoms with van der Waals surface area (Å²) in [5.41, 5.74) is 0.794. The molecule has 0 bridgehead atoms. The Labute approximate surface area is 115 Å². The van der Waals surface area contributed by atoms with Gasteiger partial charge in [0.2, 0.25) is 5.91 Å². The van der Waals surface area contributed by atoms with Crippen molar-refractivity contribution >= 4 is 27.5 Å². The third-order valence-corrected chi connectivity index (χ3v) is 3.45. The Kier molecular flexibility index (Phi) is 4.74. The van der Waals surface area contributed by atoms with Gasteiger partial charge in [0.05, 0.1) is 13.2 Å². The summed E-state index contributed by atoms with van der Waals surface area (Å²) in [4.78, 5) is 13.9. The van der Waals surface area contributed by atoms with Gasteiger partial charge in [-0.05, 0) is 37.1 Å². The summed E-state index contributed by atoms with van der Waals surface area (Å²) in [6.07, 6.45) is 2.26. The van der Waals surface area contributed by atoms with Crippen LogP contribution in [0.3, 0.4) is 0 Å². The number of hydrogen-bond acceptors (Lipinski definition) is 3. The maximum Gasteiger partial charge on any atom is 0.238 e. The third-order valence-electron chi connectivity index (χ3n) is 2.93. The largest absolute Gasteiger partial charge is 0.395 e. The number of nitrogens with one attached hydrogen (secondary N) is 1. The lowest BCUT2D eigenvalue weighted by Crippen LogP contribution is -2.36. The Bertz CT molecular complexity index is 404. The molecule has 1 aliphatic rings. The van der Waals surface area contributed by atoms with E-state index in [0.29, 0.717) is 19.1 Å². The zero-order valence-electron chi connectivity index (χ0n) is 10.1. The summed E-state index contributed by atoms with van der Waals surface area (Å²) in [7, 11) is 0. The fraction of sp³-hybridized carbons (Fsp3) is 0.462. The van der Waals surface area contributed by atoms with E-state index >= 15 is 0 Å². The van der Waals surface area contributed by atoms with Crippen LogP contribution in [0.25, 0.3) is 0 Å². The first-order chi connectivity index (χ1) is 8.69. The van der Waals surface area contributed by atoms with Crippen molar-refractivity contribution in [1.82, 2.24) is 4.90 Å². The summed E-state index contributed by atoms with van der Waals surface area (Å²) >= 11 is 3.35. The lowest BCUT2D eigenvalue weighted by molar-refractivity contribution is -0.117. The molecule has 18 heavy (non-hydrogen) atoms. The van der Waals surface area contributed by atoms with Gasteiger partial charge in [0.15, 0.2) is 0 Å². The molecule has 1 fully saturated rings. The molecule has 2 N–H and O–H groups in total. The van der Waals surface area contributed by atoms with Crippen LogP contribution >= 0.6 is 15.9 Å². The van der Waals surface area contributed by atoms with Crippen molar-refractivity contribution in [2.75, 3.05) is 25.0 Å². The predicted octanol–water partition coefficient (Wildman–Crippen LogP) is 1.84. The second-order valence-electron chi connectivity index (χ2n) is 4.48. The van der Waals surface area contributed by atoms with Crippen molar-refractivity contribution in [2.45, 2.75) is 18.9 Å². The minimum atomic E-state index is -0.0299. The van der Waals surface area contributed by atoms with Crippen molar-refractivity contribution in [3.8, 4) is 0 Å². The number of benzene rings is 1. The smallest absolute Gasteiger partial charge is 0.238 e. The molecule has 0 heterocycles. The van der Waals surface area contributed by atoms with Crippen LogP contribution in [0.5, 0.6) is 0 Å². The van der Waals surface area contributed by atoms with Gasteiger partial charge in [0.25, 0.3) is 0 Å². The van der Waals surface area contributed by atoms with Gasteiger partial charge in [0.1, 0.15) is 0 Å². The fourth-order valence-corrected chi connectivity index (χ4v) is 2.14. The molecule has 0 aromatic heterocycles. The van der Waals surface area contributed by atoms with Crippen molar-refractivity contribution in [2.24, 2.45) is 0 Å². The van der Waals surface area contributed by atoms with Crippen molar-refractivity contribution in [3.05, 3.63) is 28.7 Å². The fourth-order valence-electron chi connectivity index (χ4n) is 1.88. The molecule has 0 unspecified atom stereocenters. The van der Waals surface area contributed by atoms with E-state index in [0.717, 1.165) is 23.0 Å². The van der Waals surface area contributed by atoms with E-state index in [9.17, 15) is 4.79 Å². The summed E-state index contributed by atoms with van der Waals surface area (Å²) < 4.78 is 0.986. The molecule has 1 saturated carbocycles. The Morgan fingerprint density at radius 3 is 2.61 bits per heavy atom. The van der Waals surface area contributed by atoms with Crippen molar-refractivity contribution in [3.63, 3.8) is 0 Å². The number of nitrogens with zero attached hydrogens (tertiary/aromatic N) is 1. The normalized spacial score (nSPS) is 14.8. The molecule has 1 aromatic rings. The van der Waals surface area contributed by atoms with Gasteiger partial charge in [-0.1, -0.05) is 15.9 Å². The number of anilines is 1. The third kappa shape index (κ3) is 4.08. The van der Waals surface area contributed by atoms with E-state index in [-0.39, 0.29) is 12.5 Å². The van der Waals surface area contributed by atoms with Crippen LogP contribution in [0.15, 0.2) is 28.7 Å². The maximum absolute atomic E-state index is 11.9. The Morgan fingerprint density at radius 2 is 2.06 bits per heavy atom. The molecule has 0 spiro atoms. The summed E-state index contributed by atoms with van der Waals surface area (Å²) in [5, 5.41) is 11.8. The van der Waals surface area contributed by atoms with E-state index in [1.165, 1.54) is 0 Å².